The van der Waals surface area contributed by atoms with Crippen molar-refractivity contribution in [3.8, 4) is 0 Å². The highest BCUT2D eigenvalue weighted by Gasteiger charge is 2.35. The number of aryl methyl sites for hydroxylation is 1. The maximum absolute atomic E-state index is 12.5. The summed E-state index contributed by atoms with van der Waals surface area (Å²) in [5.41, 5.74) is -0.903. The number of nitrogens with one attached hydrogen (secondary N) is 1. The minimum atomic E-state index is -4.49. The van der Waals surface area contributed by atoms with Crippen LogP contribution in [0.3, 0.4) is 0 Å². The molecule has 0 aliphatic carbocycles. The molecule has 0 saturated carbocycles. The summed E-state index contributed by atoms with van der Waals surface area (Å²) in [5, 5.41) is 5.97. The Morgan fingerprint density at radius 2 is 2.37 bits per heavy atom. The Balaban J connectivity index is 1.97. The highest BCUT2D eigenvalue weighted by atomic mass is 19.4. The monoisotopic (exact) mass is 277 g/mol. The summed E-state index contributed by atoms with van der Waals surface area (Å²) < 4.78 is 43.6. The topological polar surface area (TPSA) is 56.2 Å². The molecule has 2 rings (SSSR count). The molecule has 1 atom stereocenters. The molecule has 1 aromatic rings. The highest BCUT2D eigenvalue weighted by Crippen LogP contribution is 2.30. The Morgan fingerprint density at radius 1 is 1.63 bits per heavy atom. The number of carbonyl (C=O) groups excluding carboxylic acids is 1. The summed E-state index contributed by atoms with van der Waals surface area (Å²) in [7, 11) is 1.18. The van der Waals surface area contributed by atoms with Gasteiger partial charge in [0.25, 0.3) is 0 Å². The van der Waals surface area contributed by atoms with Crippen molar-refractivity contribution in [2.45, 2.75) is 31.5 Å². The minimum Gasteiger partial charge on any atom is -0.378 e. The zero-order chi connectivity index (χ0) is 14.0. The average molecular weight is 277 g/mol. The van der Waals surface area contributed by atoms with Gasteiger partial charge in [0, 0.05) is 19.7 Å². The molecule has 1 N–H and O–H groups in total. The second-order valence-electron chi connectivity index (χ2n) is 4.42. The molecule has 8 heteroatoms. The van der Waals surface area contributed by atoms with Crippen LogP contribution in [0.25, 0.3) is 0 Å². The van der Waals surface area contributed by atoms with E-state index in [4.69, 9.17) is 4.74 Å². The number of alkyl halides is 3. The lowest BCUT2D eigenvalue weighted by Gasteiger charge is -2.07. The molecule has 1 fully saturated rings. The number of nitrogens with zero attached hydrogens (tertiary/aromatic N) is 2. The lowest BCUT2D eigenvalue weighted by Crippen LogP contribution is -2.19. The van der Waals surface area contributed by atoms with E-state index in [1.807, 2.05) is 0 Å². The molecule has 0 spiro atoms. The van der Waals surface area contributed by atoms with E-state index in [-0.39, 0.29) is 18.3 Å². The summed E-state index contributed by atoms with van der Waals surface area (Å²) in [6.07, 6.45) is -2.80. The third kappa shape index (κ3) is 3.46. The first-order chi connectivity index (χ1) is 8.86. The van der Waals surface area contributed by atoms with Crippen molar-refractivity contribution in [3.63, 3.8) is 0 Å². The van der Waals surface area contributed by atoms with E-state index >= 15 is 0 Å². The van der Waals surface area contributed by atoms with Gasteiger partial charge in [0.05, 0.1) is 12.5 Å². The van der Waals surface area contributed by atoms with Gasteiger partial charge in [-0.25, -0.2) is 0 Å². The van der Waals surface area contributed by atoms with Crippen LogP contribution in [0.15, 0.2) is 6.07 Å². The minimum absolute atomic E-state index is 0.0992. The molecule has 1 saturated heterocycles. The molecule has 1 unspecified atom stereocenters. The summed E-state index contributed by atoms with van der Waals surface area (Å²) in [6.45, 7) is 0.625. The smallest absolute Gasteiger partial charge is 0.378 e. The number of ether oxygens (including phenoxy) is 1. The van der Waals surface area contributed by atoms with E-state index in [1.165, 1.54) is 7.05 Å². The van der Waals surface area contributed by atoms with Gasteiger partial charge in [-0.05, 0) is 12.8 Å². The molecule has 0 aromatic carbocycles. The maximum atomic E-state index is 12.5. The molecule has 2 heterocycles. The molecular weight excluding hydrogens is 263 g/mol. The van der Waals surface area contributed by atoms with Crippen molar-refractivity contribution in [2.75, 3.05) is 11.9 Å². The first-order valence-electron chi connectivity index (χ1n) is 5.89. The van der Waals surface area contributed by atoms with E-state index in [1.54, 1.807) is 0 Å². The molecule has 19 heavy (non-hydrogen) atoms. The van der Waals surface area contributed by atoms with Crippen LogP contribution in [-0.2, 0) is 22.8 Å². The third-order valence-electron chi connectivity index (χ3n) is 2.87. The Hall–Kier alpha value is -1.57. The van der Waals surface area contributed by atoms with Crippen LogP contribution in [-0.4, -0.2) is 28.4 Å². The van der Waals surface area contributed by atoms with Gasteiger partial charge in [0.15, 0.2) is 5.82 Å². The number of aromatic nitrogens is 2. The Labute approximate surface area is 107 Å². The lowest BCUT2D eigenvalue weighted by atomic mass is 10.2. The molecular formula is C11H14F3N3O2. The van der Waals surface area contributed by atoms with Crippen LogP contribution < -0.4 is 5.32 Å². The van der Waals surface area contributed by atoms with E-state index in [2.05, 4.69) is 10.4 Å². The van der Waals surface area contributed by atoms with Crippen molar-refractivity contribution in [2.24, 2.45) is 7.05 Å². The van der Waals surface area contributed by atoms with Crippen LogP contribution in [0.2, 0.25) is 0 Å². The second kappa shape index (κ2) is 5.20. The summed E-state index contributed by atoms with van der Waals surface area (Å²) in [5.74, 6) is -0.489. The van der Waals surface area contributed by atoms with Gasteiger partial charge in [0.2, 0.25) is 5.91 Å². The van der Waals surface area contributed by atoms with Crippen molar-refractivity contribution in [1.29, 1.82) is 0 Å². The normalized spacial score (nSPS) is 19.7. The van der Waals surface area contributed by atoms with Gasteiger partial charge in [-0.15, -0.1) is 0 Å². The van der Waals surface area contributed by atoms with E-state index in [9.17, 15) is 18.0 Å². The van der Waals surface area contributed by atoms with Crippen molar-refractivity contribution in [1.82, 2.24) is 9.78 Å². The SMILES string of the molecule is Cn1nc(NC(=O)CC2CCCO2)cc1C(F)(F)F. The zero-order valence-electron chi connectivity index (χ0n) is 10.3. The van der Waals surface area contributed by atoms with Gasteiger partial charge < -0.3 is 10.1 Å². The van der Waals surface area contributed by atoms with Gasteiger partial charge in [0.1, 0.15) is 5.69 Å². The molecule has 0 bridgehead atoms. The maximum Gasteiger partial charge on any atom is 0.433 e. The van der Waals surface area contributed by atoms with Gasteiger partial charge in [-0.2, -0.15) is 18.3 Å². The fourth-order valence-electron chi connectivity index (χ4n) is 2.00. The zero-order valence-corrected chi connectivity index (χ0v) is 10.3. The molecule has 1 aliphatic rings. The number of carbonyl (C=O) groups is 1. The molecule has 0 radical (unpaired) electrons. The van der Waals surface area contributed by atoms with Crippen molar-refractivity contribution < 1.29 is 22.7 Å². The van der Waals surface area contributed by atoms with Crippen LogP contribution in [0, 0.1) is 0 Å². The fraction of sp³-hybridized carbons (Fsp3) is 0.636. The number of anilines is 1. The first-order valence-corrected chi connectivity index (χ1v) is 5.89. The van der Waals surface area contributed by atoms with Crippen molar-refractivity contribution >= 4 is 11.7 Å². The summed E-state index contributed by atoms with van der Waals surface area (Å²) >= 11 is 0. The largest absolute Gasteiger partial charge is 0.433 e. The quantitative estimate of drug-likeness (QED) is 0.918. The molecule has 106 valence electrons. The standard InChI is InChI=1S/C11H14F3N3O2/c1-17-8(11(12,13)14)6-9(16-17)15-10(18)5-7-3-2-4-19-7/h6-7H,2-5H2,1H3,(H,15,16,18). The van der Waals surface area contributed by atoms with Gasteiger partial charge in [-0.1, -0.05) is 0 Å². The number of hydrogen-bond acceptors (Lipinski definition) is 3. The molecule has 1 aromatic heterocycles. The number of rotatable bonds is 3. The average Bonchev–Trinajstić information content (AvgIpc) is 2.87. The summed E-state index contributed by atoms with van der Waals surface area (Å²) in [4.78, 5) is 11.6. The Morgan fingerprint density at radius 3 is 2.89 bits per heavy atom. The van der Waals surface area contributed by atoms with Crippen LogP contribution in [0.5, 0.6) is 0 Å². The molecule has 1 aliphatic heterocycles. The van der Waals surface area contributed by atoms with Crippen LogP contribution in [0.1, 0.15) is 25.0 Å². The predicted molar refractivity (Wildman–Crippen MR) is 60.4 cm³/mol. The number of hydrogen-bond donors (Lipinski definition) is 1. The highest BCUT2D eigenvalue weighted by molar-refractivity contribution is 5.90. The van der Waals surface area contributed by atoms with E-state index in [0.717, 1.165) is 18.9 Å². The number of halogens is 3. The van der Waals surface area contributed by atoms with Crippen molar-refractivity contribution in [3.05, 3.63) is 11.8 Å². The van der Waals surface area contributed by atoms with E-state index in [0.29, 0.717) is 11.3 Å². The molecule has 1 amide bonds. The predicted octanol–water partition coefficient (Wildman–Crippen LogP) is 1.95. The lowest BCUT2D eigenvalue weighted by molar-refractivity contribution is -0.143. The van der Waals surface area contributed by atoms with Crippen LogP contribution >= 0.6 is 0 Å². The van der Waals surface area contributed by atoms with E-state index < -0.39 is 17.8 Å². The summed E-state index contributed by atoms with van der Waals surface area (Å²) in [6, 6.07) is 0.813. The number of amides is 1. The second-order valence-corrected chi connectivity index (χ2v) is 4.42. The molecule has 5 nitrogen and oxygen atoms in total. The first kappa shape index (κ1) is 13.9. The Bertz CT molecular complexity index is 464. The van der Waals surface area contributed by atoms with Gasteiger partial charge in [-0.3, -0.25) is 9.48 Å². The van der Waals surface area contributed by atoms with Crippen LogP contribution in [0.4, 0.5) is 19.0 Å². The van der Waals surface area contributed by atoms with Gasteiger partial charge >= 0.3 is 6.18 Å². The fourth-order valence-corrected chi connectivity index (χ4v) is 2.00. The Kier molecular flexibility index (Phi) is 3.79. The third-order valence-corrected chi connectivity index (χ3v) is 2.87.